The van der Waals surface area contributed by atoms with Crippen LogP contribution in [-0.4, -0.2) is 4.98 Å². The Morgan fingerprint density at radius 3 is 2.86 bits per heavy atom. The molecule has 0 amide bonds. The summed E-state index contributed by atoms with van der Waals surface area (Å²) < 4.78 is 0. The van der Waals surface area contributed by atoms with Crippen LogP contribution in [0.15, 0.2) is 36.4 Å². The summed E-state index contributed by atoms with van der Waals surface area (Å²) in [4.78, 5) is 4.41. The van der Waals surface area contributed by atoms with Crippen molar-refractivity contribution in [2.45, 2.75) is 6.92 Å². The minimum absolute atomic E-state index is 0.616. The molecular formula is C12H9ClN. The predicted octanol–water partition coefficient (Wildman–Crippen LogP) is 3.51. The molecule has 0 spiro atoms. The average Bonchev–Trinajstić information content (AvgIpc) is 2.18. The Morgan fingerprint density at radius 2 is 2.14 bits per heavy atom. The van der Waals surface area contributed by atoms with Crippen molar-refractivity contribution in [1.29, 1.82) is 0 Å². The number of aryl methyl sites for hydroxylation is 1. The molecule has 0 unspecified atom stereocenters. The normalized spacial score (nSPS) is 10.1. The molecule has 2 rings (SSSR count). The van der Waals surface area contributed by atoms with Crippen LogP contribution < -0.4 is 0 Å². The number of halogens is 1. The van der Waals surface area contributed by atoms with Gasteiger partial charge in [-0.05, 0) is 25.1 Å². The van der Waals surface area contributed by atoms with Gasteiger partial charge in [0.05, 0.1) is 5.69 Å². The van der Waals surface area contributed by atoms with Crippen LogP contribution in [0, 0.1) is 13.0 Å². The maximum absolute atomic E-state index is 5.85. The first-order valence-electron chi connectivity index (χ1n) is 4.37. The lowest BCUT2D eigenvalue weighted by atomic mass is 10.1. The van der Waals surface area contributed by atoms with E-state index >= 15 is 0 Å². The van der Waals surface area contributed by atoms with Crippen molar-refractivity contribution in [3.05, 3.63) is 53.2 Å². The first kappa shape index (κ1) is 9.22. The van der Waals surface area contributed by atoms with Gasteiger partial charge in [0, 0.05) is 22.3 Å². The van der Waals surface area contributed by atoms with Crippen molar-refractivity contribution in [1.82, 2.24) is 4.98 Å². The van der Waals surface area contributed by atoms with Gasteiger partial charge in [-0.1, -0.05) is 29.8 Å². The van der Waals surface area contributed by atoms with Gasteiger partial charge in [0.15, 0.2) is 0 Å². The topological polar surface area (TPSA) is 12.9 Å². The Morgan fingerprint density at radius 1 is 1.29 bits per heavy atom. The highest BCUT2D eigenvalue weighted by Gasteiger charge is 1.99. The minimum atomic E-state index is 0.616. The Labute approximate surface area is 88.4 Å². The maximum atomic E-state index is 5.85. The summed E-state index contributed by atoms with van der Waals surface area (Å²) in [5.41, 5.74) is 2.98. The molecular weight excluding hydrogens is 194 g/mol. The number of hydrogen-bond acceptors (Lipinski definition) is 1. The molecule has 2 aromatic rings. The molecule has 1 heterocycles. The fraction of sp³-hybridized carbons (Fsp3) is 0.0833. The molecule has 1 radical (unpaired) electrons. The second kappa shape index (κ2) is 3.81. The van der Waals surface area contributed by atoms with Crippen molar-refractivity contribution >= 4 is 11.6 Å². The summed E-state index contributed by atoms with van der Waals surface area (Å²) in [7, 11) is 0. The molecule has 1 aromatic carbocycles. The van der Waals surface area contributed by atoms with Gasteiger partial charge in [0.1, 0.15) is 0 Å². The third-order valence-electron chi connectivity index (χ3n) is 1.95. The second-order valence-electron chi connectivity index (χ2n) is 3.09. The van der Waals surface area contributed by atoms with E-state index in [2.05, 4.69) is 11.1 Å². The van der Waals surface area contributed by atoms with Crippen LogP contribution in [0.4, 0.5) is 0 Å². The van der Waals surface area contributed by atoms with E-state index in [1.54, 1.807) is 0 Å². The van der Waals surface area contributed by atoms with Crippen molar-refractivity contribution < 1.29 is 0 Å². The van der Waals surface area contributed by atoms with E-state index in [9.17, 15) is 0 Å². The molecule has 2 heteroatoms. The zero-order valence-corrected chi connectivity index (χ0v) is 8.55. The largest absolute Gasteiger partial charge is 0.253 e. The zero-order chi connectivity index (χ0) is 9.97. The summed E-state index contributed by atoms with van der Waals surface area (Å²) in [5.74, 6) is 0. The van der Waals surface area contributed by atoms with E-state index in [0.717, 1.165) is 17.0 Å². The van der Waals surface area contributed by atoms with Crippen LogP contribution in [0.1, 0.15) is 5.69 Å². The standard InChI is InChI=1S/C12H9ClN/c1-9-4-2-7-12(14-9)10-5-3-6-11(13)8-10/h2-5,7-8H,1H3. The number of pyridine rings is 1. The van der Waals surface area contributed by atoms with Gasteiger partial charge in [-0.2, -0.15) is 0 Å². The Kier molecular flexibility index (Phi) is 2.51. The highest BCUT2D eigenvalue weighted by Crippen LogP contribution is 2.20. The van der Waals surface area contributed by atoms with Crippen molar-refractivity contribution in [2.75, 3.05) is 0 Å². The molecule has 69 valence electrons. The number of hydrogen-bond donors (Lipinski definition) is 0. The lowest BCUT2D eigenvalue weighted by Gasteiger charge is -2.01. The van der Waals surface area contributed by atoms with E-state index in [1.807, 2.05) is 43.3 Å². The minimum Gasteiger partial charge on any atom is -0.253 e. The summed E-state index contributed by atoms with van der Waals surface area (Å²) >= 11 is 5.85. The summed E-state index contributed by atoms with van der Waals surface area (Å²) in [6.45, 7) is 1.97. The van der Waals surface area contributed by atoms with Gasteiger partial charge in [-0.25, -0.2) is 0 Å². The summed E-state index contributed by atoms with van der Waals surface area (Å²) in [5, 5.41) is 0.616. The molecule has 0 bridgehead atoms. The van der Waals surface area contributed by atoms with Gasteiger partial charge >= 0.3 is 0 Å². The zero-order valence-electron chi connectivity index (χ0n) is 7.79. The van der Waals surface area contributed by atoms with Crippen LogP contribution in [0.2, 0.25) is 5.02 Å². The lowest BCUT2D eigenvalue weighted by molar-refractivity contribution is 1.20. The van der Waals surface area contributed by atoms with E-state index in [0.29, 0.717) is 5.02 Å². The summed E-state index contributed by atoms with van der Waals surface area (Å²) in [6, 6.07) is 14.4. The van der Waals surface area contributed by atoms with Crippen LogP contribution in [0.3, 0.4) is 0 Å². The molecule has 0 fully saturated rings. The van der Waals surface area contributed by atoms with Crippen molar-refractivity contribution in [3.8, 4) is 11.3 Å². The molecule has 1 nitrogen and oxygen atoms in total. The van der Waals surface area contributed by atoms with Crippen molar-refractivity contribution in [3.63, 3.8) is 0 Å². The monoisotopic (exact) mass is 202 g/mol. The highest BCUT2D eigenvalue weighted by molar-refractivity contribution is 6.30. The fourth-order valence-corrected chi connectivity index (χ4v) is 1.48. The highest BCUT2D eigenvalue weighted by atomic mass is 35.5. The molecule has 0 aliphatic heterocycles. The summed E-state index contributed by atoms with van der Waals surface area (Å²) in [6.07, 6.45) is 0. The third-order valence-corrected chi connectivity index (χ3v) is 2.17. The first-order chi connectivity index (χ1) is 6.75. The van der Waals surface area contributed by atoms with Gasteiger partial charge in [-0.3, -0.25) is 4.98 Å². The quantitative estimate of drug-likeness (QED) is 0.690. The van der Waals surface area contributed by atoms with E-state index < -0.39 is 0 Å². The molecule has 0 saturated carbocycles. The van der Waals surface area contributed by atoms with Crippen LogP contribution in [-0.2, 0) is 0 Å². The molecule has 1 aromatic heterocycles. The Balaban J connectivity index is 2.49. The van der Waals surface area contributed by atoms with Gasteiger partial charge in [0.25, 0.3) is 0 Å². The Bertz CT molecular complexity index is 408. The molecule has 0 aliphatic carbocycles. The number of benzene rings is 1. The van der Waals surface area contributed by atoms with Crippen LogP contribution in [0.25, 0.3) is 11.3 Å². The maximum Gasteiger partial charge on any atom is 0.0705 e. The fourth-order valence-electron chi connectivity index (χ4n) is 1.30. The SMILES string of the molecule is Cc1cccc(-c2cc[c]c(Cl)c2)n1. The molecule has 0 N–H and O–H groups in total. The average molecular weight is 203 g/mol. The van der Waals surface area contributed by atoms with Gasteiger partial charge in [0.2, 0.25) is 0 Å². The van der Waals surface area contributed by atoms with Gasteiger partial charge in [-0.15, -0.1) is 0 Å². The van der Waals surface area contributed by atoms with E-state index in [1.165, 1.54) is 0 Å². The molecule has 14 heavy (non-hydrogen) atoms. The lowest BCUT2D eigenvalue weighted by Crippen LogP contribution is -1.85. The van der Waals surface area contributed by atoms with Gasteiger partial charge < -0.3 is 0 Å². The Hall–Kier alpha value is -1.34. The smallest absolute Gasteiger partial charge is 0.0705 e. The molecule has 0 saturated heterocycles. The van der Waals surface area contributed by atoms with Crippen LogP contribution in [0.5, 0.6) is 0 Å². The van der Waals surface area contributed by atoms with Crippen LogP contribution >= 0.6 is 11.6 Å². The van der Waals surface area contributed by atoms with E-state index in [4.69, 9.17) is 11.6 Å². The number of rotatable bonds is 1. The first-order valence-corrected chi connectivity index (χ1v) is 4.75. The van der Waals surface area contributed by atoms with Crippen molar-refractivity contribution in [2.24, 2.45) is 0 Å². The second-order valence-corrected chi connectivity index (χ2v) is 3.50. The number of nitrogens with zero attached hydrogens (tertiary/aromatic N) is 1. The molecule has 0 aliphatic rings. The van der Waals surface area contributed by atoms with E-state index in [-0.39, 0.29) is 0 Å². The predicted molar refractivity (Wildman–Crippen MR) is 58.3 cm³/mol. The third kappa shape index (κ3) is 1.94. The number of aromatic nitrogens is 1. The molecule has 0 atom stereocenters.